The van der Waals surface area contributed by atoms with E-state index in [0.717, 1.165) is 5.56 Å². The summed E-state index contributed by atoms with van der Waals surface area (Å²) in [7, 11) is 1.82. The standard InChI is InChI=1S/C10H19N3O/c1-9(2,3)10(14,7-11)8-5-12-13(4)6-8/h5-6,14H,7,11H2,1-4H3. The van der Waals surface area contributed by atoms with Crippen molar-refractivity contribution in [1.29, 1.82) is 0 Å². The van der Waals surface area contributed by atoms with Gasteiger partial charge in [0.05, 0.1) is 6.20 Å². The van der Waals surface area contributed by atoms with Crippen LogP contribution in [-0.2, 0) is 12.6 Å². The van der Waals surface area contributed by atoms with E-state index < -0.39 is 5.60 Å². The van der Waals surface area contributed by atoms with Gasteiger partial charge in [-0.3, -0.25) is 4.68 Å². The SMILES string of the molecule is Cn1cc(C(O)(CN)C(C)(C)C)cn1. The van der Waals surface area contributed by atoms with Crippen LogP contribution >= 0.6 is 0 Å². The zero-order valence-electron chi connectivity index (χ0n) is 9.28. The fourth-order valence-corrected chi connectivity index (χ4v) is 1.49. The number of nitrogens with zero attached hydrogens (tertiary/aromatic N) is 2. The van der Waals surface area contributed by atoms with Gasteiger partial charge in [-0.05, 0) is 5.41 Å². The minimum atomic E-state index is -1.01. The van der Waals surface area contributed by atoms with Crippen molar-refractivity contribution in [2.75, 3.05) is 6.54 Å². The number of aliphatic hydroxyl groups is 1. The highest BCUT2D eigenvalue weighted by atomic mass is 16.3. The monoisotopic (exact) mass is 197 g/mol. The molecule has 1 aromatic heterocycles. The molecule has 0 aliphatic carbocycles. The molecule has 1 atom stereocenters. The Hall–Kier alpha value is -0.870. The average molecular weight is 197 g/mol. The molecule has 14 heavy (non-hydrogen) atoms. The van der Waals surface area contributed by atoms with E-state index in [9.17, 15) is 5.11 Å². The van der Waals surface area contributed by atoms with E-state index >= 15 is 0 Å². The van der Waals surface area contributed by atoms with Crippen LogP contribution in [0.3, 0.4) is 0 Å². The van der Waals surface area contributed by atoms with E-state index in [4.69, 9.17) is 5.73 Å². The minimum Gasteiger partial charge on any atom is -0.383 e. The number of hydrogen-bond acceptors (Lipinski definition) is 3. The predicted molar refractivity (Wildman–Crippen MR) is 55.6 cm³/mol. The second kappa shape index (κ2) is 3.37. The topological polar surface area (TPSA) is 64.1 Å². The number of aromatic nitrogens is 2. The van der Waals surface area contributed by atoms with E-state index in [2.05, 4.69) is 5.10 Å². The molecular weight excluding hydrogens is 178 g/mol. The molecule has 0 aliphatic heterocycles. The van der Waals surface area contributed by atoms with Crippen LogP contribution in [0.1, 0.15) is 26.3 Å². The molecule has 0 saturated carbocycles. The summed E-state index contributed by atoms with van der Waals surface area (Å²) in [6.45, 7) is 6.09. The molecule has 1 heterocycles. The molecule has 4 heteroatoms. The summed E-state index contributed by atoms with van der Waals surface area (Å²) in [5.41, 5.74) is 5.11. The Kier molecular flexibility index (Phi) is 2.69. The van der Waals surface area contributed by atoms with Crippen LogP contribution in [0.15, 0.2) is 12.4 Å². The van der Waals surface area contributed by atoms with Crippen molar-refractivity contribution < 1.29 is 5.11 Å². The minimum absolute atomic E-state index is 0.197. The second-order valence-electron chi connectivity index (χ2n) is 4.72. The molecule has 0 aromatic carbocycles. The molecule has 0 radical (unpaired) electrons. The highest BCUT2D eigenvalue weighted by molar-refractivity contribution is 5.19. The van der Waals surface area contributed by atoms with Gasteiger partial charge < -0.3 is 10.8 Å². The van der Waals surface area contributed by atoms with E-state index in [0.29, 0.717) is 0 Å². The van der Waals surface area contributed by atoms with Crippen molar-refractivity contribution in [3.63, 3.8) is 0 Å². The maximum Gasteiger partial charge on any atom is 0.110 e. The van der Waals surface area contributed by atoms with Crippen molar-refractivity contribution in [3.8, 4) is 0 Å². The Morgan fingerprint density at radius 2 is 2.07 bits per heavy atom. The zero-order chi connectivity index (χ0) is 11.0. The quantitative estimate of drug-likeness (QED) is 0.730. The Bertz CT molecular complexity index is 313. The van der Waals surface area contributed by atoms with Gasteiger partial charge in [-0.15, -0.1) is 0 Å². The summed E-state index contributed by atoms with van der Waals surface area (Å²) >= 11 is 0. The van der Waals surface area contributed by atoms with Crippen LogP contribution < -0.4 is 5.73 Å². The van der Waals surface area contributed by atoms with Gasteiger partial charge in [0.25, 0.3) is 0 Å². The van der Waals surface area contributed by atoms with Crippen LogP contribution in [-0.4, -0.2) is 21.4 Å². The number of nitrogens with two attached hydrogens (primary N) is 1. The summed E-state index contributed by atoms with van der Waals surface area (Å²) in [5, 5.41) is 14.5. The lowest BCUT2D eigenvalue weighted by atomic mass is 9.73. The Labute approximate surface area is 84.7 Å². The largest absolute Gasteiger partial charge is 0.383 e. The molecule has 0 aliphatic rings. The molecule has 0 fully saturated rings. The van der Waals surface area contributed by atoms with Crippen molar-refractivity contribution in [2.24, 2.45) is 18.2 Å². The lowest BCUT2D eigenvalue weighted by molar-refractivity contribution is -0.0557. The Morgan fingerprint density at radius 3 is 2.36 bits per heavy atom. The van der Waals surface area contributed by atoms with Gasteiger partial charge in [-0.1, -0.05) is 20.8 Å². The van der Waals surface area contributed by atoms with E-state index in [1.54, 1.807) is 17.1 Å². The molecule has 1 aromatic rings. The van der Waals surface area contributed by atoms with Crippen LogP contribution in [0.4, 0.5) is 0 Å². The van der Waals surface area contributed by atoms with E-state index in [1.165, 1.54) is 0 Å². The Morgan fingerprint density at radius 1 is 1.50 bits per heavy atom. The van der Waals surface area contributed by atoms with Gasteiger partial charge in [0, 0.05) is 25.4 Å². The average Bonchev–Trinajstić information content (AvgIpc) is 2.48. The lowest BCUT2D eigenvalue weighted by Gasteiger charge is -2.38. The molecule has 4 nitrogen and oxygen atoms in total. The summed E-state index contributed by atoms with van der Waals surface area (Å²) < 4.78 is 1.67. The lowest BCUT2D eigenvalue weighted by Crippen LogP contribution is -2.46. The zero-order valence-corrected chi connectivity index (χ0v) is 9.28. The van der Waals surface area contributed by atoms with Gasteiger partial charge in [0.2, 0.25) is 0 Å². The molecular formula is C10H19N3O. The molecule has 0 saturated heterocycles. The smallest absolute Gasteiger partial charge is 0.110 e. The highest BCUT2D eigenvalue weighted by Gasteiger charge is 2.41. The van der Waals surface area contributed by atoms with Crippen molar-refractivity contribution in [1.82, 2.24) is 9.78 Å². The van der Waals surface area contributed by atoms with Gasteiger partial charge in [0.15, 0.2) is 0 Å². The first-order valence-electron chi connectivity index (χ1n) is 4.73. The molecule has 1 unspecified atom stereocenters. The maximum absolute atomic E-state index is 10.5. The van der Waals surface area contributed by atoms with Crippen molar-refractivity contribution in [2.45, 2.75) is 26.4 Å². The predicted octanol–water partition coefficient (Wildman–Crippen LogP) is 0.612. The van der Waals surface area contributed by atoms with Gasteiger partial charge in [-0.2, -0.15) is 5.10 Å². The maximum atomic E-state index is 10.5. The van der Waals surface area contributed by atoms with E-state index in [-0.39, 0.29) is 12.0 Å². The van der Waals surface area contributed by atoms with Crippen LogP contribution in [0.5, 0.6) is 0 Å². The fraction of sp³-hybridized carbons (Fsp3) is 0.700. The van der Waals surface area contributed by atoms with Gasteiger partial charge >= 0.3 is 0 Å². The molecule has 80 valence electrons. The number of rotatable bonds is 2. The van der Waals surface area contributed by atoms with Gasteiger partial charge in [0.1, 0.15) is 5.60 Å². The first-order chi connectivity index (χ1) is 6.31. The van der Waals surface area contributed by atoms with Gasteiger partial charge in [-0.25, -0.2) is 0 Å². The fourth-order valence-electron chi connectivity index (χ4n) is 1.49. The summed E-state index contributed by atoms with van der Waals surface area (Å²) in [6.07, 6.45) is 3.47. The molecule has 0 spiro atoms. The van der Waals surface area contributed by atoms with Crippen molar-refractivity contribution >= 4 is 0 Å². The number of hydrogen-bond donors (Lipinski definition) is 2. The molecule has 0 amide bonds. The molecule has 1 rings (SSSR count). The number of aryl methyl sites for hydroxylation is 1. The highest BCUT2D eigenvalue weighted by Crippen LogP contribution is 2.37. The summed E-state index contributed by atoms with van der Waals surface area (Å²) in [5.74, 6) is 0. The Balaban J connectivity index is 3.14. The molecule has 3 N–H and O–H groups in total. The first kappa shape index (κ1) is 11.2. The third-order valence-corrected chi connectivity index (χ3v) is 2.72. The first-order valence-corrected chi connectivity index (χ1v) is 4.73. The van der Waals surface area contributed by atoms with Crippen LogP contribution in [0, 0.1) is 5.41 Å². The normalized spacial score (nSPS) is 16.7. The van der Waals surface area contributed by atoms with Crippen LogP contribution in [0.2, 0.25) is 0 Å². The summed E-state index contributed by atoms with van der Waals surface area (Å²) in [6, 6.07) is 0. The van der Waals surface area contributed by atoms with Crippen molar-refractivity contribution in [3.05, 3.63) is 18.0 Å². The second-order valence-corrected chi connectivity index (χ2v) is 4.72. The third kappa shape index (κ3) is 1.67. The molecule has 0 bridgehead atoms. The summed E-state index contributed by atoms with van der Waals surface area (Å²) in [4.78, 5) is 0. The van der Waals surface area contributed by atoms with Crippen LogP contribution in [0.25, 0.3) is 0 Å². The van der Waals surface area contributed by atoms with E-state index in [1.807, 2.05) is 27.8 Å². The third-order valence-electron chi connectivity index (χ3n) is 2.72.